The average Bonchev–Trinajstić information content (AvgIpc) is 3.09. The largest absolute Gasteiger partial charge is 0.391 e. The number of rotatable bonds is 2. The summed E-state index contributed by atoms with van der Waals surface area (Å²) >= 11 is 0. The Hall–Kier alpha value is -2.47. The van der Waals surface area contributed by atoms with E-state index in [0.717, 1.165) is 73.5 Å². The first-order chi connectivity index (χ1) is 13.2. The molecule has 0 unspecified atom stereocenters. The minimum absolute atomic E-state index is 0.267. The van der Waals surface area contributed by atoms with E-state index in [1.165, 1.54) is 17.7 Å². The molecule has 0 spiro atoms. The van der Waals surface area contributed by atoms with Gasteiger partial charge in [0.15, 0.2) is 5.65 Å². The zero-order valence-electron chi connectivity index (χ0n) is 15.2. The third-order valence-electron chi connectivity index (χ3n) is 5.67. The summed E-state index contributed by atoms with van der Waals surface area (Å²) in [5.74, 6) is 0.798. The average molecular weight is 366 g/mol. The maximum absolute atomic E-state index is 13.7. The van der Waals surface area contributed by atoms with Crippen LogP contribution < -0.4 is 4.90 Å². The number of benzene rings is 1. The molecule has 1 atom stereocenters. The number of aliphatic hydroxyl groups is 1. The van der Waals surface area contributed by atoms with Crippen molar-refractivity contribution in [2.75, 3.05) is 18.0 Å². The number of anilines is 1. The smallest absolute Gasteiger partial charge is 0.158 e. The van der Waals surface area contributed by atoms with Crippen LogP contribution in [0, 0.1) is 5.82 Å². The SMILES string of the molecule is O[C@H]1CCCN(c2c3c(nc4cc(-c5cccc(F)c5)nn24)CCCC3)C1. The third-order valence-corrected chi connectivity index (χ3v) is 5.67. The van der Waals surface area contributed by atoms with Crippen LogP contribution in [0.1, 0.15) is 36.9 Å². The van der Waals surface area contributed by atoms with Gasteiger partial charge in [-0.05, 0) is 50.7 Å². The highest BCUT2D eigenvalue weighted by Gasteiger charge is 2.27. The highest BCUT2D eigenvalue weighted by atomic mass is 19.1. The summed E-state index contributed by atoms with van der Waals surface area (Å²) in [6, 6.07) is 8.46. The number of piperidine rings is 1. The Balaban J connectivity index is 1.70. The zero-order valence-corrected chi connectivity index (χ0v) is 15.2. The number of aliphatic hydroxyl groups excluding tert-OH is 1. The number of fused-ring (bicyclic) bond motifs is 2. The molecule has 3 aromatic rings. The minimum Gasteiger partial charge on any atom is -0.391 e. The van der Waals surface area contributed by atoms with E-state index in [1.54, 1.807) is 6.07 Å². The van der Waals surface area contributed by atoms with Gasteiger partial charge in [-0.15, -0.1) is 0 Å². The van der Waals surface area contributed by atoms with Crippen molar-refractivity contribution in [1.29, 1.82) is 0 Å². The number of aromatic nitrogens is 3. The van der Waals surface area contributed by atoms with Gasteiger partial charge in [0.1, 0.15) is 11.6 Å². The normalized spacial score (nSPS) is 20.1. The first kappa shape index (κ1) is 16.7. The minimum atomic E-state index is -0.306. The molecular weight excluding hydrogens is 343 g/mol. The van der Waals surface area contributed by atoms with Crippen molar-refractivity contribution in [3.8, 4) is 11.3 Å². The fraction of sp³-hybridized carbons (Fsp3) is 0.429. The van der Waals surface area contributed by atoms with Gasteiger partial charge in [0.05, 0.1) is 11.8 Å². The van der Waals surface area contributed by atoms with Gasteiger partial charge in [0.2, 0.25) is 0 Å². The van der Waals surface area contributed by atoms with Crippen LogP contribution in [0.2, 0.25) is 0 Å². The van der Waals surface area contributed by atoms with Crippen molar-refractivity contribution in [2.24, 2.45) is 0 Å². The molecule has 5 nitrogen and oxygen atoms in total. The number of halogens is 1. The maximum atomic E-state index is 13.7. The summed E-state index contributed by atoms with van der Waals surface area (Å²) in [4.78, 5) is 7.14. The molecule has 1 fully saturated rings. The van der Waals surface area contributed by atoms with E-state index in [2.05, 4.69) is 4.90 Å². The van der Waals surface area contributed by atoms with Crippen LogP contribution in [0.15, 0.2) is 30.3 Å². The lowest BCUT2D eigenvalue weighted by Crippen LogP contribution is -2.40. The lowest BCUT2D eigenvalue weighted by molar-refractivity contribution is 0.153. The molecular formula is C21H23FN4O. The molecule has 0 radical (unpaired) electrons. The van der Waals surface area contributed by atoms with Crippen LogP contribution >= 0.6 is 0 Å². The highest BCUT2D eigenvalue weighted by molar-refractivity contribution is 5.67. The van der Waals surface area contributed by atoms with Gasteiger partial charge in [-0.2, -0.15) is 9.61 Å². The van der Waals surface area contributed by atoms with E-state index in [-0.39, 0.29) is 11.9 Å². The molecule has 1 aliphatic carbocycles. The quantitative estimate of drug-likeness (QED) is 0.756. The summed E-state index contributed by atoms with van der Waals surface area (Å²) in [6.07, 6.45) is 5.80. The molecule has 6 heteroatoms. The molecule has 1 N–H and O–H groups in total. The van der Waals surface area contributed by atoms with Gasteiger partial charge in [-0.1, -0.05) is 12.1 Å². The van der Waals surface area contributed by atoms with E-state index < -0.39 is 0 Å². The molecule has 5 rings (SSSR count). The Morgan fingerprint density at radius 1 is 1.11 bits per heavy atom. The molecule has 27 heavy (non-hydrogen) atoms. The predicted octanol–water partition coefficient (Wildman–Crippen LogP) is 3.38. The molecule has 1 saturated heterocycles. The lowest BCUT2D eigenvalue weighted by Gasteiger charge is -2.34. The second kappa shape index (κ2) is 6.60. The molecule has 140 valence electrons. The van der Waals surface area contributed by atoms with Gasteiger partial charge < -0.3 is 10.0 Å². The van der Waals surface area contributed by atoms with E-state index in [4.69, 9.17) is 10.1 Å². The van der Waals surface area contributed by atoms with Crippen molar-refractivity contribution < 1.29 is 9.50 Å². The Kier molecular flexibility index (Phi) is 4.08. The van der Waals surface area contributed by atoms with Gasteiger partial charge in [-0.25, -0.2) is 9.37 Å². The fourth-order valence-corrected chi connectivity index (χ4v) is 4.39. The standard InChI is InChI=1S/C21H23FN4O/c22-15-6-3-5-14(11-15)19-12-20-23-18-9-2-1-8-17(18)21(26(20)24-19)25-10-4-7-16(27)13-25/h3,5-6,11-12,16,27H,1-2,4,7-10,13H2/t16-/m0/s1. The van der Waals surface area contributed by atoms with Gasteiger partial charge >= 0.3 is 0 Å². The molecule has 2 aliphatic rings. The first-order valence-electron chi connectivity index (χ1n) is 9.79. The molecule has 1 aromatic carbocycles. The van der Waals surface area contributed by atoms with Crippen LogP contribution in [0.5, 0.6) is 0 Å². The van der Waals surface area contributed by atoms with Crippen molar-refractivity contribution in [1.82, 2.24) is 14.6 Å². The van der Waals surface area contributed by atoms with Crippen molar-refractivity contribution in [3.05, 3.63) is 47.4 Å². The molecule has 2 aromatic heterocycles. The second-order valence-corrected chi connectivity index (χ2v) is 7.62. The molecule has 0 bridgehead atoms. The van der Waals surface area contributed by atoms with E-state index in [9.17, 15) is 9.50 Å². The number of β-amino-alcohol motifs (C(OH)–C–C–N with tert-alkyl or cyclic N) is 1. The summed E-state index contributed by atoms with van der Waals surface area (Å²) < 4.78 is 15.6. The summed E-state index contributed by atoms with van der Waals surface area (Å²) in [5, 5.41) is 15.0. The van der Waals surface area contributed by atoms with Gasteiger partial charge in [0, 0.05) is 36.0 Å². The Bertz CT molecular complexity index is 999. The molecule has 1 aliphatic heterocycles. The van der Waals surface area contributed by atoms with Crippen LogP contribution in [-0.4, -0.2) is 38.9 Å². The van der Waals surface area contributed by atoms with Crippen molar-refractivity contribution >= 4 is 11.5 Å². The number of aryl methyl sites for hydroxylation is 1. The van der Waals surface area contributed by atoms with E-state index in [0.29, 0.717) is 6.54 Å². The van der Waals surface area contributed by atoms with Crippen LogP contribution in [-0.2, 0) is 12.8 Å². The number of hydrogen-bond acceptors (Lipinski definition) is 4. The third kappa shape index (κ3) is 2.98. The van der Waals surface area contributed by atoms with Gasteiger partial charge in [-0.3, -0.25) is 0 Å². The van der Waals surface area contributed by atoms with Crippen molar-refractivity contribution in [2.45, 2.75) is 44.6 Å². The van der Waals surface area contributed by atoms with Crippen LogP contribution in [0.25, 0.3) is 16.9 Å². The van der Waals surface area contributed by atoms with Crippen LogP contribution in [0.3, 0.4) is 0 Å². The molecule has 0 amide bonds. The van der Waals surface area contributed by atoms with Crippen molar-refractivity contribution in [3.63, 3.8) is 0 Å². The summed E-state index contributed by atoms with van der Waals surface area (Å²) in [6.45, 7) is 1.54. The predicted molar refractivity (Wildman–Crippen MR) is 102 cm³/mol. The molecule has 3 heterocycles. The Labute approximate surface area is 157 Å². The first-order valence-corrected chi connectivity index (χ1v) is 9.79. The number of nitrogens with zero attached hydrogens (tertiary/aromatic N) is 4. The molecule has 0 saturated carbocycles. The summed E-state index contributed by atoms with van der Waals surface area (Å²) in [5.41, 5.74) is 4.68. The Morgan fingerprint density at radius 2 is 2.00 bits per heavy atom. The van der Waals surface area contributed by atoms with E-state index >= 15 is 0 Å². The van der Waals surface area contributed by atoms with E-state index in [1.807, 2.05) is 16.6 Å². The fourth-order valence-electron chi connectivity index (χ4n) is 4.39. The topological polar surface area (TPSA) is 53.7 Å². The summed E-state index contributed by atoms with van der Waals surface area (Å²) in [7, 11) is 0. The van der Waals surface area contributed by atoms with Crippen LogP contribution in [0.4, 0.5) is 10.2 Å². The monoisotopic (exact) mass is 366 g/mol. The lowest BCUT2D eigenvalue weighted by atomic mass is 9.95. The van der Waals surface area contributed by atoms with Gasteiger partial charge in [0.25, 0.3) is 0 Å². The number of hydrogen-bond donors (Lipinski definition) is 1. The highest BCUT2D eigenvalue weighted by Crippen LogP contribution is 2.33. The second-order valence-electron chi connectivity index (χ2n) is 7.62. The Morgan fingerprint density at radius 3 is 2.85 bits per heavy atom. The zero-order chi connectivity index (χ0) is 18.4. The maximum Gasteiger partial charge on any atom is 0.158 e.